The molecule has 20 heteroatoms. The average Bonchev–Trinajstić information content (AvgIpc) is 2.50. The Labute approximate surface area is 154 Å². The molecule has 0 amide bonds. The van der Waals surface area contributed by atoms with Gasteiger partial charge in [0.25, 0.3) is 14.5 Å². The highest BCUT2D eigenvalue weighted by molar-refractivity contribution is 7.48. The van der Waals surface area contributed by atoms with Gasteiger partial charge in [-0.3, -0.25) is 18.1 Å². The number of hydrogen-bond donors (Lipinski definition) is 5. The maximum atomic E-state index is 12.1. The summed E-state index contributed by atoms with van der Waals surface area (Å²) in [6.45, 7) is -2.46. The summed E-state index contributed by atoms with van der Waals surface area (Å²) < 4.78 is 67.4. The first-order valence-electron chi connectivity index (χ1n) is 7.11. The minimum Gasteiger partial charge on any atom is -0.358 e. The number of hydrogen-bond acceptors (Lipinski definition) is 12. The normalized spacial score (nSPS) is 43.2. The maximum absolute atomic E-state index is 12.1. The molecule has 0 aromatic heterocycles. The van der Waals surface area contributed by atoms with Crippen molar-refractivity contribution in [2.45, 2.75) is 44.1 Å². The zero-order valence-corrected chi connectivity index (χ0v) is 17.1. The van der Waals surface area contributed by atoms with Crippen LogP contribution in [0.25, 0.3) is 0 Å². The van der Waals surface area contributed by atoms with Gasteiger partial charge in [-0.15, -0.1) is 0 Å². The van der Waals surface area contributed by atoms with Gasteiger partial charge in [0.1, 0.15) is 0 Å². The van der Waals surface area contributed by atoms with Crippen LogP contribution in [-0.2, 0) is 45.3 Å². The van der Waals surface area contributed by atoms with E-state index < -0.39 is 56.9 Å². The first-order valence-corrected chi connectivity index (χ1v) is 12.8. The monoisotopic (exact) mass is 476 g/mol. The van der Waals surface area contributed by atoms with Gasteiger partial charge in [0.05, 0.1) is 18.3 Å². The van der Waals surface area contributed by atoms with E-state index in [9.17, 15) is 28.4 Å². The Morgan fingerprint density at radius 3 is 2.11 bits per heavy atom. The van der Waals surface area contributed by atoms with E-state index in [-0.39, 0.29) is 19.3 Å². The van der Waals surface area contributed by atoms with Crippen LogP contribution in [0.5, 0.6) is 0 Å². The van der Waals surface area contributed by atoms with E-state index in [1.54, 1.807) is 0 Å². The predicted octanol–water partition coefficient (Wildman–Crippen LogP) is -0.250. The molecule has 0 aromatic carbocycles. The highest BCUT2D eigenvalue weighted by atomic mass is 31.2. The second-order valence-electron chi connectivity index (χ2n) is 5.27. The zero-order valence-electron chi connectivity index (χ0n) is 13.5. The molecule has 1 saturated carbocycles. The second kappa shape index (κ2) is 9.24. The van der Waals surface area contributed by atoms with Crippen molar-refractivity contribution >= 4 is 40.1 Å². The molecule has 0 bridgehead atoms. The van der Waals surface area contributed by atoms with Crippen LogP contribution in [0, 0.1) is 0 Å². The van der Waals surface area contributed by atoms with Crippen molar-refractivity contribution in [1.29, 1.82) is 0 Å². The van der Waals surface area contributed by atoms with E-state index in [1.807, 2.05) is 0 Å². The van der Waals surface area contributed by atoms with Crippen LogP contribution >= 0.6 is 32.1 Å². The van der Waals surface area contributed by atoms with Crippen LogP contribution in [0.15, 0.2) is 0 Å². The van der Waals surface area contributed by atoms with Gasteiger partial charge in [0.15, 0.2) is 0 Å². The summed E-state index contributed by atoms with van der Waals surface area (Å²) in [7, 11) is -16.6. The summed E-state index contributed by atoms with van der Waals surface area (Å²) in [5.41, 5.74) is 0. The summed E-state index contributed by atoms with van der Waals surface area (Å²) in [4.78, 5) is 46.4. The lowest BCUT2D eigenvalue weighted by atomic mass is 9.93. The van der Waals surface area contributed by atoms with Gasteiger partial charge in [0, 0.05) is 6.42 Å². The topological polar surface area (TPSA) is 217 Å². The molecule has 1 heterocycles. The van der Waals surface area contributed by atoms with E-state index in [0.29, 0.717) is 0 Å². The van der Waals surface area contributed by atoms with Crippen LogP contribution < -0.4 is 0 Å². The fourth-order valence-electron chi connectivity index (χ4n) is 2.37. The molecule has 0 aromatic rings. The number of phosphoric acid groups is 3. The van der Waals surface area contributed by atoms with Crippen molar-refractivity contribution in [2.75, 3.05) is 0 Å². The molecule has 158 valence electrons. The highest BCUT2D eigenvalue weighted by Gasteiger charge is 2.47. The zero-order chi connectivity index (χ0) is 20.5. The van der Waals surface area contributed by atoms with Crippen molar-refractivity contribution in [3.05, 3.63) is 0 Å². The minimum absolute atomic E-state index is 0.0491. The van der Waals surface area contributed by atoms with Crippen LogP contribution in [0.1, 0.15) is 19.3 Å². The lowest BCUT2D eigenvalue weighted by molar-refractivity contribution is -0.164. The van der Waals surface area contributed by atoms with Crippen LogP contribution in [0.3, 0.4) is 0 Å². The minimum atomic E-state index is -5.02. The average molecular weight is 476 g/mol. The molecule has 1 aliphatic heterocycles. The Hall–Kier alpha value is 0.705. The summed E-state index contributed by atoms with van der Waals surface area (Å²) in [5.74, 6) is 0. The lowest BCUT2D eigenvalue weighted by Crippen LogP contribution is -2.39. The highest BCUT2D eigenvalue weighted by Crippen LogP contribution is 2.58. The lowest BCUT2D eigenvalue weighted by Gasteiger charge is -2.35. The molecule has 0 radical (unpaired) electrons. The van der Waals surface area contributed by atoms with Crippen LogP contribution in [-0.4, -0.2) is 57.3 Å². The molecule has 0 spiro atoms. The van der Waals surface area contributed by atoms with Gasteiger partial charge >= 0.3 is 32.1 Å². The van der Waals surface area contributed by atoms with Gasteiger partial charge in [-0.25, -0.2) is 22.7 Å². The van der Waals surface area contributed by atoms with E-state index in [4.69, 9.17) is 23.4 Å². The van der Waals surface area contributed by atoms with Gasteiger partial charge < -0.3 is 28.9 Å². The SMILES string of the molecule is BOP(=O)(O)O[C@H]1CC[C@H]2OP(=O)(O)OC(OP(O)O)OP(=O)(O)OC2C1. The summed E-state index contributed by atoms with van der Waals surface area (Å²) in [5, 5.41) is 0. The molecule has 5 unspecified atom stereocenters. The van der Waals surface area contributed by atoms with E-state index in [2.05, 4.69) is 18.0 Å². The molecule has 5 N–H and O–H groups in total. The first-order chi connectivity index (χ1) is 12.3. The molecule has 2 aliphatic rings. The summed E-state index contributed by atoms with van der Waals surface area (Å²) >= 11 is 0. The Bertz CT molecular complexity index is 658. The predicted molar refractivity (Wildman–Crippen MR) is 86.0 cm³/mol. The van der Waals surface area contributed by atoms with Crippen molar-refractivity contribution < 1.29 is 69.7 Å². The van der Waals surface area contributed by atoms with E-state index in [0.717, 1.165) is 8.05 Å². The maximum Gasteiger partial charge on any atom is 0.476 e. The van der Waals surface area contributed by atoms with Crippen LogP contribution in [0.4, 0.5) is 0 Å². The fourth-order valence-corrected chi connectivity index (χ4v) is 5.32. The van der Waals surface area contributed by atoms with Gasteiger partial charge in [-0.2, -0.15) is 0 Å². The van der Waals surface area contributed by atoms with E-state index >= 15 is 0 Å². The molecule has 1 saturated heterocycles. The molecule has 1 aliphatic carbocycles. The quantitative estimate of drug-likeness (QED) is 0.255. The third kappa shape index (κ3) is 7.80. The smallest absolute Gasteiger partial charge is 0.358 e. The number of rotatable bonds is 5. The Morgan fingerprint density at radius 1 is 1.04 bits per heavy atom. The fraction of sp³-hybridized carbons (Fsp3) is 1.00. The summed E-state index contributed by atoms with van der Waals surface area (Å²) in [6.07, 6.45) is -3.96. The molecule has 7 atom stereocenters. The Morgan fingerprint density at radius 2 is 1.59 bits per heavy atom. The number of phosphoric ester groups is 3. The Balaban J connectivity index is 2.20. The second-order valence-corrected chi connectivity index (χ2v) is 10.2. The van der Waals surface area contributed by atoms with Gasteiger partial charge in [-0.1, -0.05) is 0 Å². The van der Waals surface area contributed by atoms with Gasteiger partial charge in [0.2, 0.25) is 0 Å². The standard InChI is InChI=1S/C7H17BO15P4/c8-23-27(15,16)18-4-1-2-5-6(3-4)20-26(13,14)22-7(17-24(9)10)21-25(11,12)19-5/h4-7,9-10H,1-3,8H2,(H,11,12)(H,13,14)(H,15,16)/t4-,5+,6?,7?/m0/s1. The van der Waals surface area contributed by atoms with Crippen molar-refractivity contribution in [3.63, 3.8) is 0 Å². The van der Waals surface area contributed by atoms with Crippen LogP contribution in [0.2, 0.25) is 0 Å². The first kappa shape index (κ1) is 24.0. The third-order valence-corrected chi connectivity index (χ3v) is 6.69. The molecule has 2 rings (SSSR count). The van der Waals surface area contributed by atoms with E-state index in [1.165, 1.54) is 0 Å². The molecular weight excluding hydrogens is 459 g/mol. The third-order valence-electron chi connectivity index (χ3n) is 3.35. The van der Waals surface area contributed by atoms with Crippen molar-refractivity contribution in [3.8, 4) is 0 Å². The molecular formula is C7H17BO15P4. The molecule has 15 nitrogen and oxygen atoms in total. The molecule has 2 fully saturated rings. The van der Waals surface area contributed by atoms with Crippen molar-refractivity contribution in [1.82, 2.24) is 0 Å². The largest absolute Gasteiger partial charge is 0.476 e. The summed E-state index contributed by atoms with van der Waals surface area (Å²) in [6, 6.07) is 0. The molecule has 27 heavy (non-hydrogen) atoms. The van der Waals surface area contributed by atoms with Crippen molar-refractivity contribution in [2.24, 2.45) is 0 Å². The Kier molecular flexibility index (Phi) is 8.20. The number of fused-ring (bicyclic) bond motifs is 1. The van der Waals surface area contributed by atoms with Gasteiger partial charge in [-0.05, 0) is 12.8 Å².